The fourth-order valence-corrected chi connectivity index (χ4v) is 3.50. The van der Waals surface area contributed by atoms with Crippen molar-refractivity contribution in [1.29, 1.82) is 0 Å². The van der Waals surface area contributed by atoms with E-state index in [0.29, 0.717) is 11.3 Å². The second-order valence-electron chi connectivity index (χ2n) is 6.96. The van der Waals surface area contributed by atoms with Crippen LogP contribution in [0.1, 0.15) is 37.7 Å². The number of benzene rings is 1. The van der Waals surface area contributed by atoms with Crippen molar-refractivity contribution in [3.8, 4) is 0 Å². The molecule has 0 spiro atoms. The maximum Gasteiger partial charge on any atom is 0.407 e. The molecule has 3 unspecified atom stereocenters. The van der Waals surface area contributed by atoms with Crippen molar-refractivity contribution >= 4 is 29.7 Å². The quantitative estimate of drug-likeness (QED) is 0.578. The summed E-state index contributed by atoms with van der Waals surface area (Å²) in [5.41, 5.74) is 1.19. The van der Waals surface area contributed by atoms with Gasteiger partial charge in [-0.15, -0.1) is 0 Å². The molecule has 1 aromatic carbocycles. The number of hydrogen-bond donors (Lipinski definition) is 3. The van der Waals surface area contributed by atoms with E-state index in [4.69, 9.17) is 9.88 Å². The summed E-state index contributed by atoms with van der Waals surface area (Å²) in [6, 6.07) is 4.05. The minimum absolute atomic E-state index is 0.165. The van der Waals surface area contributed by atoms with Crippen molar-refractivity contribution < 1.29 is 18.3 Å². The van der Waals surface area contributed by atoms with E-state index in [-0.39, 0.29) is 23.7 Å². The first-order chi connectivity index (χ1) is 14.0. The maximum atomic E-state index is 14.0. The molecule has 1 saturated carbocycles. The molecule has 0 radical (unpaired) electrons. The van der Waals surface area contributed by atoms with Gasteiger partial charge >= 0.3 is 6.09 Å². The molecule has 4 N–H and O–H groups in total. The Bertz CT molecular complexity index is 840. The number of rotatable bonds is 7. The Morgan fingerprint density at radius 3 is 2.79 bits per heavy atom. The fourth-order valence-electron chi connectivity index (χ4n) is 3.18. The Hall–Kier alpha value is -2.46. The molecule has 0 saturated heterocycles. The van der Waals surface area contributed by atoms with E-state index in [1.54, 1.807) is 31.5 Å². The van der Waals surface area contributed by atoms with Gasteiger partial charge in [-0.1, -0.05) is 0 Å². The molecule has 0 bridgehead atoms. The van der Waals surface area contributed by atoms with Crippen LogP contribution >= 0.6 is 11.9 Å². The number of aromatic nitrogens is 2. The molecule has 1 heterocycles. The van der Waals surface area contributed by atoms with Crippen LogP contribution in [0.25, 0.3) is 0 Å². The van der Waals surface area contributed by atoms with Gasteiger partial charge in [-0.25, -0.2) is 23.5 Å². The summed E-state index contributed by atoms with van der Waals surface area (Å²) < 4.78 is 31.8. The number of nitrogens with one attached hydrogen (secondary N) is 2. The number of ether oxygens (including phenoxy) is 1. The first kappa shape index (κ1) is 21.3. The topological polar surface area (TPSA) is 102 Å². The van der Waals surface area contributed by atoms with E-state index in [1.807, 2.05) is 0 Å². The average molecular weight is 423 g/mol. The van der Waals surface area contributed by atoms with Crippen LogP contribution in [0.2, 0.25) is 0 Å². The summed E-state index contributed by atoms with van der Waals surface area (Å²) in [5.74, 6) is 0.00787. The van der Waals surface area contributed by atoms with Crippen molar-refractivity contribution in [1.82, 2.24) is 15.3 Å². The highest BCUT2D eigenvalue weighted by Gasteiger charge is 2.29. The molecule has 1 fully saturated rings. The monoisotopic (exact) mass is 423 g/mol. The number of nitrogens with zero attached hydrogens (tertiary/aromatic N) is 2. The minimum atomic E-state index is -0.639. The smallest absolute Gasteiger partial charge is 0.407 e. The Kier molecular flexibility index (Phi) is 7.21. The maximum absolute atomic E-state index is 14.0. The normalized spacial score (nSPS) is 19.6. The molecule has 1 aromatic heterocycles. The first-order valence-electron chi connectivity index (χ1n) is 9.26. The van der Waals surface area contributed by atoms with Gasteiger partial charge in [0.15, 0.2) is 0 Å². The number of carbonyl (C=O) groups excluding carboxylic acids is 1. The first-order valence-corrected chi connectivity index (χ1v) is 10.1. The van der Waals surface area contributed by atoms with Crippen LogP contribution in [0.15, 0.2) is 35.5 Å². The molecule has 10 heteroatoms. The van der Waals surface area contributed by atoms with Gasteiger partial charge in [-0.05, 0) is 67.8 Å². The van der Waals surface area contributed by atoms with Crippen LogP contribution in [0, 0.1) is 5.82 Å². The van der Waals surface area contributed by atoms with Gasteiger partial charge in [0.25, 0.3) is 0 Å². The largest absolute Gasteiger partial charge is 0.446 e. The SMILES string of the molecule is CC(CF)NC(=O)OC1CCC(c2cnc(Nc3ccc(SN)cc3F)nc2)C1. The molecule has 7 nitrogen and oxygen atoms in total. The second-order valence-corrected chi connectivity index (χ2v) is 7.67. The van der Waals surface area contributed by atoms with Crippen molar-refractivity contribution in [3.63, 3.8) is 0 Å². The number of hydrogen-bond acceptors (Lipinski definition) is 7. The van der Waals surface area contributed by atoms with Crippen LogP contribution in [0.3, 0.4) is 0 Å². The number of alkyl carbamates (subject to hydrolysis) is 1. The number of nitrogens with two attached hydrogens (primary N) is 1. The van der Waals surface area contributed by atoms with Crippen molar-refractivity contribution in [2.75, 3.05) is 12.0 Å². The molecule has 1 aliphatic carbocycles. The zero-order chi connectivity index (χ0) is 20.8. The summed E-state index contributed by atoms with van der Waals surface area (Å²) in [7, 11) is 0. The number of anilines is 2. The molecule has 1 aliphatic rings. The third kappa shape index (κ3) is 5.77. The van der Waals surface area contributed by atoms with E-state index in [0.717, 1.165) is 30.4 Å². The standard InChI is InChI=1S/C19H23F2N5O2S/c1-11(8-20)25-19(27)28-14-3-2-12(6-14)13-9-23-18(24-10-13)26-17-5-4-15(29-22)7-16(17)21/h4-5,7,9-12,14H,2-3,6,8,22H2,1H3,(H,25,27)(H,23,24,26). The van der Waals surface area contributed by atoms with E-state index in [1.165, 1.54) is 6.07 Å². The van der Waals surface area contributed by atoms with Gasteiger partial charge in [0, 0.05) is 17.3 Å². The molecule has 156 valence electrons. The third-order valence-electron chi connectivity index (χ3n) is 4.72. The summed E-state index contributed by atoms with van der Waals surface area (Å²) in [6.07, 6.45) is 4.76. The van der Waals surface area contributed by atoms with Crippen molar-refractivity contribution in [2.24, 2.45) is 5.14 Å². The lowest BCUT2D eigenvalue weighted by Crippen LogP contribution is -2.36. The highest BCUT2D eigenvalue weighted by molar-refractivity contribution is 7.97. The van der Waals surface area contributed by atoms with E-state index in [9.17, 15) is 13.6 Å². The van der Waals surface area contributed by atoms with Gasteiger partial charge in [-0.3, -0.25) is 5.14 Å². The number of halogens is 2. The van der Waals surface area contributed by atoms with Gasteiger partial charge in [0.05, 0.1) is 11.7 Å². The molecular weight excluding hydrogens is 400 g/mol. The molecule has 2 aromatic rings. The summed E-state index contributed by atoms with van der Waals surface area (Å²) >= 11 is 0.971. The Morgan fingerprint density at radius 2 is 2.14 bits per heavy atom. The molecule has 29 heavy (non-hydrogen) atoms. The van der Waals surface area contributed by atoms with Gasteiger partial charge < -0.3 is 15.4 Å². The van der Waals surface area contributed by atoms with E-state index >= 15 is 0 Å². The fraction of sp³-hybridized carbons (Fsp3) is 0.421. The lowest BCUT2D eigenvalue weighted by molar-refractivity contribution is 0.0965. The van der Waals surface area contributed by atoms with Crippen molar-refractivity contribution in [2.45, 2.75) is 49.1 Å². The average Bonchev–Trinajstić information content (AvgIpc) is 3.18. The molecule has 1 amide bonds. The van der Waals surface area contributed by atoms with Crippen LogP contribution in [-0.2, 0) is 4.74 Å². The lowest BCUT2D eigenvalue weighted by atomic mass is 10.0. The Labute approximate surface area is 172 Å². The van der Waals surface area contributed by atoms with Crippen LogP contribution in [0.5, 0.6) is 0 Å². The van der Waals surface area contributed by atoms with Gasteiger partial charge in [0.1, 0.15) is 18.6 Å². The van der Waals surface area contributed by atoms with Gasteiger partial charge in [-0.2, -0.15) is 0 Å². The predicted molar refractivity (Wildman–Crippen MR) is 107 cm³/mol. The van der Waals surface area contributed by atoms with Crippen LogP contribution < -0.4 is 15.8 Å². The predicted octanol–water partition coefficient (Wildman–Crippen LogP) is 4.05. The van der Waals surface area contributed by atoms with Crippen LogP contribution in [-0.4, -0.2) is 34.9 Å². The lowest BCUT2D eigenvalue weighted by Gasteiger charge is -2.15. The second kappa shape index (κ2) is 9.84. The number of alkyl halides is 1. The minimum Gasteiger partial charge on any atom is -0.446 e. The molecule has 0 aliphatic heterocycles. The van der Waals surface area contributed by atoms with Crippen molar-refractivity contribution in [3.05, 3.63) is 42.0 Å². The zero-order valence-corrected chi connectivity index (χ0v) is 16.7. The summed E-state index contributed by atoms with van der Waals surface area (Å²) in [4.78, 5) is 20.9. The summed E-state index contributed by atoms with van der Waals surface area (Å²) in [6.45, 7) is 0.934. The Balaban J connectivity index is 1.55. The van der Waals surface area contributed by atoms with Crippen LogP contribution in [0.4, 0.5) is 25.2 Å². The van der Waals surface area contributed by atoms with E-state index in [2.05, 4.69) is 20.6 Å². The molecule has 3 atom stereocenters. The highest BCUT2D eigenvalue weighted by atomic mass is 32.2. The number of amides is 1. The van der Waals surface area contributed by atoms with E-state index < -0.39 is 24.6 Å². The van der Waals surface area contributed by atoms with Gasteiger partial charge in [0.2, 0.25) is 5.95 Å². The number of carbonyl (C=O) groups is 1. The third-order valence-corrected chi connectivity index (χ3v) is 5.25. The highest BCUT2D eigenvalue weighted by Crippen LogP contribution is 2.35. The zero-order valence-electron chi connectivity index (χ0n) is 15.9. The molecule has 3 rings (SSSR count). The Morgan fingerprint density at radius 1 is 1.38 bits per heavy atom. The molecular formula is C19H23F2N5O2S. The summed E-state index contributed by atoms with van der Waals surface area (Å²) in [5, 5.41) is 10.7.